The number of amides is 2. The third-order valence-corrected chi connectivity index (χ3v) is 6.85. The molecule has 2 amide bonds. The highest BCUT2D eigenvalue weighted by molar-refractivity contribution is 7.89. The smallest absolute Gasteiger partial charge is 0.243 e. The first-order chi connectivity index (χ1) is 13.7. The van der Waals surface area contributed by atoms with Crippen molar-refractivity contribution >= 4 is 21.8 Å². The van der Waals surface area contributed by atoms with Gasteiger partial charge in [-0.05, 0) is 39.1 Å². The number of carbonyl (C=O) groups excluding carboxylic acids is 2. The molecule has 0 spiro atoms. The van der Waals surface area contributed by atoms with Crippen LogP contribution in [-0.2, 0) is 19.6 Å². The lowest BCUT2D eigenvalue weighted by Crippen LogP contribution is -2.52. The van der Waals surface area contributed by atoms with Gasteiger partial charge < -0.3 is 9.80 Å². The summed E-state index contributed by atoms with van der Waals surface area (Å²) < 4.78 is 39.9. The lowest BCUT2D eigenvalue weighted by atomic mass is 10.3. The van der Waals surface area contributed by atoms with E-state index < -0.39 is 15.8 Å². The molecule has 1 fully saturated rings. The molecule has 0 unspecified atom stereocenters. The van der Waals surface area contributed by atoms with Gasteiger partial charge in [-0.2, -0.15) is 4.31 Å². The molecule has 0 bridgehead atoms. The van der Waals surface area contributed by atoms with Gasteiger partial charge in [0.25, 0.3) is 0 Å². The maximum Gasteiger partial charge on any atom is 0.243 e. The summed E-state index contributed by atoms with van der Waals surface area (Å²) in [4.78, 5) is 29.5. The highest BCUT2D eigenvalue weighted by Crippen LogP contribution is 2.18. The zero-order valence-electron chi connectivity index (χ0n) is 17.2. The van der Waals surface area contributed by atoms with E-state index in [1.165, 1.54) is 22.5 Å². The van der Waals surface area contributed by atoms with Crippen LogP contribution in [0.3, 0.4) is 0 Å². The predicted molar refractivity (Wildman–Crippen MR) is 107 cm³/mol. The minimum Gasteiger partial charge on any atom is -0.342 e. The molecule has 1 saturated heterocycles. The van der Waals surface area contributed by atoms with E-state index in [-0.39, 0.29) is 56.0 Å². The third kappa shape index (κ3) is 5.97. The molecule has 0 aliphatic carbocycles. The van der Waals surface area contributed by atoms with E-state index in [4.69, 9.17) is 0 Å². The number of rotatable bonds is 8. The van der Waals surface area contributed by atoms with Gasteiger partial charge in [0.15, 0.2) is 0 Å². The second kappa shape index (κ2) is 10.1. The van der Waals surface area contributed by atoms with Crippen LogP contribution >= 0.6 is 0 Å². The van der Waals surface area contributed by atoms with Gasteiger partial charge in [-0.1, -0.05) is 6.07 Å². The van der Waals surface area contributed by atoms with Crippen LogP contribution in [0.25, 0.3) is 0 Å². The van der Waals surface area contributed by atoms with Crippen molar-refractivity contribution in [1.29, 1.82) is 0 Å². The molecule has 1 aliphatic rings. The zero-order chi connectivity index (χ0) is 21.6. The molecule has 0 atom stereocenters. The topological polar surface area (TPSA) is 81.2 Å². The Kier molecular flexibility index (Phi) is 8.12. The lowest BCUT2D eigenvalue weighted by Gasteiger charge is -2.34. The summed E-state index contributed by atoms with van der Waals surface area (Å²) in [6, 6.07) is 4.90. The second-order valence-electron chi connectivity index (χ2n) is 6.98. The van der Waals surface area contributed by atoms with Crippen molar-refractivity contribution in [3.63, 3.8) is 0 Å². The van der Waals surface area contributed by atoms with E-state index in [0.717, 1.165) is 6.07 Å². The number of carbonyl (C=O) groups is 2. The highest BCUT2D eigenvalue weighted by Gasteiger charge is 2.30. The molecular weight excluding hydrogens is 399 g/mol. The first-order valence-corrected chi connectivity index (χ1v) is 11.1. The minimum atomic E-state index is -3.79. The van der Waals surface area contributed by atoms with Crippen LogP contribution < -0.4 is 0 Å². The van der Waals surface area contributed by atoms with Gasteiger partial charge in [0, 0.05) is 39.3 Å². The molecule has 10 heteroatoms. The van der Waals surface area contributed by atoms with Gasteiger partial charge in [-0.3, -0.25) is 14.5 Å². The highest BCUT2D eigenvalue weighted by atomic mass is 32.2. The van der Waals surface area contributed by atoms with Crippen LogP contribution in [0.4, 0.5) is 4.39 Å². The Balaban J connectivity index is 1.88. The van der Waals surface area contributed by atoms with E-state index in [2.05, 4.69) is 0 Å². The van der Waals surface area contributed by atoms with E-state index in [9.17, 15) is 22.4 Å². The van der Waals surface area contributed by atoms with Gasteiger partial charge in [-0.15, -0.1) is 0 Å². The first-order valence-electron chi connectivity index (χ1n) is 9.68. The van der Waals surface area contributed by atoms with Gasteiger partial charge >= 0.3 is 0 Å². The van der Waals surface area contributed by atoms with Crippen LogP contribution in [0.1, 0.15) is 13.8 Å². The lowest BCUT2D eigenvalue weighted by molar-refractivity contribution is -0.135. The van der Waals surface area contributed by atoms with Crippen LogP contribution in [0.15, 0.2) is 29.2 Å². The first kappa shape index (κ1) is 23.2. The zero-order valence-corrected chi connectivity index (χ0v) is 18.0. The van der Waals surface area contributed by atoms with E-state index in [0.29, 0.717) is 13.1 Å². The number of piperazine rings is 1. The fourth-order valence-electron chi connectivity index (χ4n) is 3.25. The number of hydrogen-bond donors (Lipinski definition) is 0. The summed E-state index contributed by atoms with van der Waals surface area (Å²) in [5, 5.41) is 0. The summed E-state index contributed by atoms with van der Waals surface area (Å²) in [7, 11) is -2.08. The Hall–Kier alpha value is -2.04. The Morgan fingerprint density at radius 1 is 1.07 bits per heavy atom. The van der Waals surface area contributed by atoms with E-state index in [1.54, 1.807) is 21.7 Å². The van der Waals surface area contributed by atoms with E-state index >= 15 is 0 Å². The molecule has 2 rings (SSSR count). The van der Waals surface area contributed by atoms with E-state index in [1.807, 2.05) is 13.8 Å². The van der Waals surface area contributed by atoms with Gasteiger partial charge in [0.1, 0.15) is 5.82 Å². The Bertz CT molecular complexity index is 821. The second-order valence-corrected chi connectivity index (χ2v) is 8.92. The van der Waals surface area contributed by atoms with Crippen molar-refractivity contribution in [3.8, 4) is 0 Å². The van der Waals surface area contributed by atoms with Crippen molar-refractivity contribution in [3.05, 3.63) is 30.1 Å². The number of benzene rings is 1. The minimum absolute atomic E-state index is 0.0312. The Labute approximate surface area is 171 Å². The molecule has 0 aromatic heterocycles. The molecule has 8 nitrogen and oxygen atoms in total. The SMILES string of the molecule is CCN(CC)C(=O)CN(C)CC(=O)N1CCN(S(=O)(=O)c2cccc(F)c2)CC1. The standard InChI is InChI=1S/C19H29FN4O4S/c1-4-22(5-2)18(25)14-21(3)15-19(26)23-9-11-24(12-10-23)29(27,28)17-8-6-7-16(20)13-17/h6-8,13H,4-5,9-12,14-15H2,1-3H3. The van der Waals surface area contributed by atoms with Crippen molar-refractivity contribution in [2.45, 2.75) is 18.7 Å². The van der Waals surface area contributed by atoms with Crippen molar-refractivity contribution in [1.82, 2.24) is 19.0 Å². The van der Waals surface area contributed by atoms with Crippen LogP contribution in [0, 0.1) is 5.82 Å². The normalized spacial score (nSPS) is 15.6. The molecule has 1 aliphatic heterocycles. The maximum atomic E-state index is 13.4. The van der Waals surface area contributed by atoms with Crippen LogP contribution in [0.5, 0.6) is 0 Å². The number of halogens is 1. The molecule has 1 aromatic carbocycles. The fraction of sp³-hybridized carbons (Fsp3) is 0.579. The summed E-state index contributed by atoms with van der Waals surface area (Å²) in [5.41, 5.74) is 0. The molecule has 162 valence electrons. The average Bonchev–Trinajstić information content (AvgIpc) is 2.68. The molecule has 0 saturated carbocycles. The quantitative estimate of drug-likeness (QED) is 0.601. The largest absolute Gasteiger partial charge is 0.342 e. The summed E-state index contributed by atoms with van der Waals surface area (Å²) in [6.45, 7) is 6.10. The molecule has 1 heterocycles. The predicted octanol–water partition coefficient (Wildman–Crippen LogP) is 0.459. The van der Waals surface area contributed by atoms with Gasteiger partial charge in [0.2, 0.25) is 21.8 Å². The van der Waals surface area contributed by atoms with Crippen LogP contribution in [-0.4, -0.2) is 98.6 Å². The van der Waals surface area contributed by atoms with Gasteiger partial charge in [0.05, 0.1) is 18.0 Å². The average molecular weight is 429 g/mol. The monoisotopic (exact) mass is 428 g/mol. The number of sulfonamides is 1. The van der Waals surface area contributed by atoms with Crippen LogP contribution in [0.2, 0.25) is 0 Å². The molecular formula is C19H29FN4O4S. The maximum absolute atomic E-state index is 13.4. The third-order valence-electron chi connectivity index (χ3n) is 4.95. The summed E-state index contributed by atoms with van der Waals surface area (Å²) >= 11 is 0. The summed E-state index contributed by atoms with van der Waals surface area (Å²) in [5.74, 6) is -0.791. The summed E-state index contributed by atoms with van der Waals surface area (Å²) in [6.07, 6.45) is 0. The number of nitrogens with zero attached hydrogens (tertiary/aromatic N) is 4. The fourth-order valence-corrected chi connectivity index (χ4v) is 4.70. The Morgan fingerprint density at radius 2 is 1.69 bits per heavy atom. The molecule has 0 radical (unpaired) electrons. The number of hydrogen-bond acceptors (Lipinski definition) is 5. The molecule has 0 N–H and O–H groups in total. The molecule has 1 aromatic rings. The van der Waals surface area contributed by atoms with Crippen molar-refractivity contribution in [2.75, 3.05) is 59.4 Å². The molecule has 29 heavy (non-hydrogen) atoms. The van der Waals surface area contributed by atoms with Crippen molar-refractivity contribution in [2.24, 2.45) is 0 Å². The van der Waals surface area contributed by atoms with Gasteiger partial charge in [-0.25, -0.2) is 12.8 Å². The number of likely N-dealkylation sites (N-methyl/N-ethyl adjacent to an activating group) is 2. The Morgan fingerprint density at radius 3 is 2.24 bits per heavy atom. The van der Waals surface area contributed by atoms with Crippen molar-refractivity contribution < 1.29 is 22.4 Å².